The van der Waals surface area contributed by atoms with Gasteiger partial charge in [-0.2, -0.15) is 0 Å². The lowest BCUT2D eigenvalue weighted by atomic mass is 9.95. The Morgan fingerprint density at radius 3 is 1.66 bits per heavy atom. The molecule has 0 N–H and O–H groups in total. The van der Waals surface area contributed by atoms with Gasteiger partial charge in [0.15, 0.2) is 0 Å². The van der Waals surface area contributed by atoms with Crippen molar-refractivity contribution in [3.63, 3.8) is 0 Å². The maximum absolute atomic E-state index is 13.7. The summed E-state index contributed by atoms with van der Waals surface area (Å²) in [5.41, 5.74) is 24.2. The summed E-state index contributed by atoms with van der Waals surface area (Å²) in [6.07, 6.45) is 5.39. The molecule has 0 radical (unpaired) electrons. The van der Waals surface area contributed by atoms with Crippen molar-refractivity contribution < 1.29 is 32.8 Å². The van der Waals surface area contributed by atoms with Crippen LogP contribution in [0.3, 0.4) is 0 Å². The molecule has 9 aromatic rings. The van der Waals surface area contributed by atoms with E-state index >= 15 is 0 Å². The van der Waals surface area contributed by atoms with E-state index < -0.39 is 0 Å². The van der Waals surface area contributed by atoms with E-state index in [0.717, 1.165) is 134 Å². The first-order chi connectivity index (χ1) is 47.0. The van der Waals surface area contributed by atoms with Gasteiger partial charge in [-0.1, -0.05) is 148 Å². The van der Waals surface area contributed by atoms with E-state index in [2.05, 4.69) is 205 Å². The summed E-state index contributed by atoms with van der Waals surface area (Å²) in [4.78, 5) is 19.9. The molecule has 0 atom stereocenters. The summed E-state index contributed by atoms with van der Waals surface area (Å²) in [5.74, 6) is 7.36. The van der Waals surface area contributed by atoms with Crippen LogP contribution in [0.25, 0.3) is 21.1 Å². The normalized spacial score (nSPS) is 14.2. The molecule has 0 aliphatic carbocycles. The van der Waals surface area contributed by atoms with Gasteiger partial charge in [0, 0.05) is 58.8 Å². The molecule has 0 saturated heterocycles. The molecule has 0 unspecified atom stereocenters. The molecule has 13 nitrogen and oxygen atoms in total. The van der Waals surface area contributed by atoms with E-state index in [-0.39, 0.29) is 56.3 Å². The van der Waals surface area contributed by atoms with E-state index in [4.69, 9.17) is 40.0 Å². The van der Waals surface area contributed by atoms with Gasteiger partial charge in [-0.15, -0.1) is 11.3 Å². The van der Waals surface area contributed by atoms with Crippen molar-refractivity contribution in [1.29, 1.82) is 0 Å². The van der Waals surface area contributed by atoms with Crippen molar-refractivity contribution in [2.75, 3.05) is 132 Å². The molecular formula is C88H127ClFN7O6S. The smallest absolute Gasteiger partial charge is 0.145 e. The van der Waals surface area contributed by atoms with E-state index in [1.54, 1.807) is 11.3 Å². The highest BCUT2D eigenvalue weighted by Gasteiger charge is 2.27. The van der Waals surface area contributed by atoms with Crippen LogP contribution in [0.4, 0.5) is 32.8 Å². The van der Waals surface area contributed by atoms with Crippen molar-refractivity contribution in [2.45, 2.75) is 178 Å². The number of fused-ring (bicyclic) bond motifs is 5. The number of nitrogens with zero attached hydrogens (tertiary/aromatic N) is 7. The zero-order valence-corrected chi connectivity index (χ0v) is 62.6. The monoisotopic (exact) mass is 1460 g/mol. The van der Waals surface area contributed by atoms with Gasteiger partial charge in [0.2, 0.25) is 0 Å². The third-order valence-corrected chi connectivity index (χ3v) is 20.5. The molecule has 7 aliphatic heterocycles. The quantitative estimate of drug-likeness (QED) is 0.167. The summed E-state index contributed by atoms with van der Waals surface area (Å²) in [7, 11) is 8.32. The van der Waals surface area contributed by atoms with E-state index in [1.165, 1.54) is 108 Å². The van der Waals surface area contributed by atoms with Crippen LogP contribution in [0.2, 0.25) is 5.02 Å². The van der Waals surface area contributed by atoms with Crippen LogP contribution < -0.4 is 52.9 Å². The molecule has 16 rings (SSSR count). The Bertz CT molecular complexity index is 4130. The van der Waals surface area contributed by atoms with Crippen LogP contribution >= 0.6 is 22.9 Å². The van der Waals surface area contributed by atoms with Crippen molar-refractivity contribution in [3.05, 3.63) is 181 Å². The molecule has 0 fully saturated rings. The minimum absolute atomic E-state index is 0. The second-order valence-electron chi connectivity index (χ2n) is 27.8. The first-order valence-corrected chi connectivity index (χ1v) is 36.3. The standard InChI is InChI=1S/2C13H19NO.C12H16ClNO.C12H16FNO.C12H11NO.C12H15NO.C8H7NS.6CH4/c1-9(2)11-7-10(3)13-12(8-11)14(4)5-6-15-13;1-9(2)11-5-6-12-13(10(11)3)14(4)7-8-15-12;1-8(2)9-4-5-10-12(11(9)13)14(3)6-7-15-10;1-8(2)9-6-11-12(7-10(9)13)15-5-4-14(11)3;1-8-2-3-10-11-9(5-7-14-10)4-6-13-12(8)11;1-9-4-5-11-12-10(9)3-2-6-13(12)7-8-14-11;1-6-2-3-7-8(4-6)10-5-9-7;;;;;;/h7-9H,5-6H2,1-4H3;5-6,9H,7-8H2,1-4H3;4-5,8H,6-7H2,1-3H3;6-8H,4-5H2,1-3H3;2-4,6H,5,7H2,1H3;4-5H,2-3,6-8H2,1H3;2-5H,1H3;6*1H4. The molecule has 104 heavy (non-hydrogen) atoms. The Kier molecular flexibility index (Phi) is 33.8. The average Bonchev–Trinajstić information content (AvgIpc) is 0.926. The minimum Gasteiger partial charge on any atom is -0.493 e. The number of anilines is 5. The van der Waals surface area contributed by atoms with Gasteiger partial charge in [0.25, 0.3) is 0 Å². The molecule has 0 spiro atoms. The molecule has 0 bridgehead atoms. The van der Waals surface area contributed by atoms with Gasteiger partial charge in [-0.25, -0.2) is 9.37 Å². The predicted molar refractivity (Wildman–Crippen MR) is 449 cm³/mol. The average molecular weight is 1470 g/mol. The van der Waals surface area contributed by atoms with E-state index in [9.17, 15) is 4.39 Å². The number of halogens is 2. The lowest BCUT2D eigenvalue weighted by molar-refractivity contribution is 0.304. The van der Waals surface area contributed by atoms with Crippen molar-refractivity contribution in [1.82, 2.24) is 9.97 Å². The first kappa shape index (κ1) is 88.3. The summed E-state index contributed by atoms with van der Waals surface area (Å²) >= 11 is 8.09. The molecule has 9 heterocycles. The highest BCUT2D eigenvalue weighted by molar-refractivity contribution is 7.16. The Balaban J connectivity index is 0.000000255. The third-order valence-electron chi connectivity index (χ3n) is 19.3. The minimum atomic E-state index is -0.168. The number of thiazole rings is 1. The number of likely N-dealkylation sites (N-methyl/N-ethyl adjacent to an activating group) is 4. The number of aryl methyl sites for hydroxylation is 4. The topological polar surface area (TPSA) is 97.4 Å². The summed E-state index contributed by atoms with van der Waals surface area (Å²) in [5, 5.41) is 2.04. The Hall–Kier alpha value is -8.14. The van der Waals surface area contributed by atoms with Gasteiger partial charge in [-0.3, -0.25) is 4.98 Å². The molecule has 7 aromatic carbocycles. The predicted octanol–water partition coefficient (Wildman–Crippen LogP) is 23.0. The van der Waals surface area contributed by atoms with Crippen LogP contribution in [-0.2, 0) is 12.8 Å². The van der Waals surface area contributed by atoms with Crippen molar-refractivity contribution in [2.24, 2.45) is 0 Å². The maximum Gasteiger partial charge on any atom is 0.145 e. The van der Waals surface area contributed by atoms with Gasteiger partial charge in [0.05, 0.1) is 94.0 Å². The second-order valence-corrected chi connectivity index (χ2v) is 29.1. The number of hydrogen-bond acceptors (Lipinski definition) is 14. The number of aromatic nitrogens is 2. The fourth-order valence-electron chi connectivity index (χ4n) is 13.6. The van der Waals surface area contributed by atoms with Gasteiger partial charge in [0.1, 0.15) is 73.3 Å². The molecule has 0 amide bonds. The fraction of sp³-hybridized carbons (Fsp3) is 0.477. The highest BCUT2D eigenvalue weighted by atomic mass is 35.5. The molecule has 7 aliphatic rings. The van der Waals surface area contributed by atoms with Crippen LogP contribution in [0.15, 0.2) is 109 Å². The lowest BCUT2D eigenvalue weighted by Gasteiger charge is -2.37. The number of benzene rings is 7. The number of hydrogen-bond donors (Lipinski definition) is 0. The molecule has 16 heteroatoms. The zero-order valence-electron chi connectivity index (χ0n) is 61.1. The largest absolute Gasteiger partial charge is 0.493 e. The summed E-state index contributed by atoms with van der Waals surface area (Å²) in [6, 6.07) is 33.1. The lowest BCUT2D eigenvalue weighted by Crippen LogP contribution is -2.37. The summed E-state index contributed by atoms with van der Waals surface area (Å²) < 4.78 is 48.6. The zero-order chi connectivity index (χ0) is 70.1. The Labute approximate surface area is 636 Å². The fourth-order valence-corrected chi connectivity index (χ4v) is 14.9. The second kappa shape index (κ2) is 39.8. The Morgan fingerprint density at radius 2 is 1.01 bits per heavy atom. The molecule has 0 saturated carbocycles. The molecule has 570 valence electrons. The van der Waals surface area contributed by atoms with Crippen LogP contribution in [0.1, 0.15) is 191 Å². The highest BCUT2D eigenvalue weighted by Crippen LogP contribution is 2.44. The molecule has 2 aromatic heterocycles. The summed E-state index contributed by atoms with van der Waals surface area (Å²) in [6.45, 7) is 38.5. The van der Waals surface area contributed by atoms with Crippen LogP contribution in [0, 0.1) is 40.4 Å². The van der Waals surface area contributed by atoms with Crippen molar-refractivity contribution >= 4 is 72.5 Å². The first-order valence-electron chi connectivity index (χ1n) is 35.1. The van der Waals surface area contributed by atoms with Crippen molar-refractivity contribution in [3.8, 4) is 34.5 Å². The van der Waals surface area contributed by atoms with Crippen LogP contribution in [0.5, 0.6) is 34.5 Å². The van der Waals surface area contributed by atoms with Gasteiger partial charge < -0.3 is 52.9 Å². The molecular weight excluding hydrogens is 1340 g/mol. The number of pyridine rings is 1. The number of rotatable bonds is 4. The number of ether oxygens (including phenoxy) is 6. The van der Waals surface area contributed by atoms with Crippen LogP contribution in [-0.4, -0.2) is 117 Å². The Morgan fingerprint density at radius 1 is 0.462 bits per heavy atom. The van der Waals surface area contributed by atoms with E-state index in [1.807, 2.05) is 50.8 Å². The SMILES string of the molecule is C.C.C.C.C.C.CC(C)c1cc2c(cc1F)OCCN2C.CC(C)c1ccc2c(c1Cl)N(C)CCO2.Cc1c(C(C)C)ccc2c1N(C)CCO2.Cc1cc(C(C)C)cc2c1OCCN2C.Cc1ccc2c3c(ccnc13)CCO2.Cc1ccc2c3c1CCCN3CCO2.Cc1ccc2ncsc2c1. The van der Waals surface area contributed by atoms with Gasteiger partial charge >= 0.3 is 0 Å². The van der Waals surface area contributed by atoms with Gasteiger partial charge in [-0.05, 0) is 187 Å². The van der Waals surface area contributed by atoms with E-state index in [0.29, 0.717) is 30.1 Å². The maximum atomic E-state index is 13.7. The third kappa shape index (κ3) is 20.5.